The Labute approximate surface area is 111 Å². The van der Waals surface area contributed by atoms with Crippen LogP contribution in [0.15, 0.2) is 0 Å². The van der Waals surface area contributed by atoms with Crippen molar-refractivity contribution in [1.29, 1.82) is 0 Å². The average molecular weight is 255 g/mol. The quantitative estimate of drug-likeness (QED) is 0.412. The molecule has 0 aromatic heterocycles. The molecular formula is C14H29N3O. The molecule has 0 aromatic rings. The van der Waals surface area contributed by atoms with E-state index in [1.54, 1.807) is 0 Å². The summed E-state index contributed by atoms with van der Waals surface area (Å²) in [6.07, 6.45) is 3.61. The standard InChI is InChI=1S/C14H29N3O/c1-10(2)11-6-13(3,4)8-14(5,7-11)9-16-12(18)17-15/h10-11H,6-9,15H2,1-5H3,(H2,16,17,18). The molecule has 0 radical (unpaired) electrons. The average Bonchev–Trinajstić information content (AvgIpc) is 2.23. The molecule has 4 heteroatoms. The molecule has 0 heterocycles. The van der Waals surface area contributed by atoms with Gasteiger partial charge in [-0.15, -0.1) is 0 Å². The van der Waals surface area contributed by atoms with E-state index in [4.69, 9.17) is 5.84 Å². The highest BCUT2D eigenvalue weighted by Gasteiger charge is 2.41. The van der Waals surface area contributed by atoms with Gasteiger partial charge in [-0.3, -0.25) is 5.43 Å². The Kier molecular flexibility index (Phi) is 4.65. The van der Waals surface area contributed by atoms with Gasteiger partial charge >= 0.3 is 6.03 Å². The fraction of sp³-hybridized carbons (Fsp3) is 0.929. The molecule has 0 saturated heterocycles. The first kappa shape index (κ1) is 15.3. The molecule has 0 aliphatic heterocycles. The smallest absolute Gasteiger partial charge is 0.328 e. The van der Waals surface area contributed by atoms with Crippen LogP contribution < -0.4 is 16.6 Å². The van der Waals surface area contributed by atoms with Crippen molar-refractivity contribution >= 4 is 6.03 Å². The van der Waals surface area contributed by atoms with Crippen LogP contribution in [0.3, 0.4) is 0 Å². The second kappa shape index (κ2) is 5.47. The predicted octanol–water partition coefficient (Wildman–Crippen LogP) is 2.65. The molecular weight excluding hydrogens is 226 g/mol. The van der Waals surface area contributed by atoms with E-state index in [2.05, 4.69) is 45.4 Å². The Morgan fingerprint density at radius 2 is 1.94 bits per heavy atom. The van der Waals surface area contributed by atoms with Gasteiger partial charge in [0.25, 0.3) is 0 Å². The number of amides is 2. The van der Waals surface area contributed by atoms with Crippen molar-refractivity contribution in [1.82, 2.24) is 10.7 Å². The molecule has 1 saturated carbocycles. The van der Waals surface area contributed by atoms with E-state index in [0.717, 1.165) is 12.3 Å². The number of carbonyl (C=O) groups excluding carboxylic acids is 1. The van der Waals surface area contributed by atoms with E-state index in [9.17, 15) is 4.79 Å². The summed E-state index contributed by atoms with van der Waals surface area (Å²) in [5.74, 6) is 6.54. The van der Waals surface area contributed by atoms with Crippen LogP contribution in [-0.2, 0) is 0 Å². The SMILES string of the molecule is CC(C)C1CC(C)(C)CC(C)(CNC(=O)NN)C1. The van der Waals surface area contributed by atoms with Gasteiger partial charge in [0.05, 0.1) is 0 Å². The number of hydrazine groups is 1. The minimum absolute atomic E-state index is 0.170. The Bertz CT molecular complexity index is 301. The third kappa shape index (κ3) is 4.16. The Morgan fingerprint density at radius 3 is 2.44 bits per heavy atom. The molecule has 1 fully saturated rings. The molecule has 1 rings (SSSR count). The second-order valence-electron chi connectivity index (χ2n) is 7.39. The number of rotatable bonds is 3. The van der Waals surface area contributed by atoms with Gasteiger partial charge in [0.2, 0.25) is 0 Å². The monoisotopic (exact) mass is 255 g/mol. The van der Waals surface area contributed by atoms with Gasteiger partial charge in [0.1, 0.15) is 0 Å². The topological polar surface area (TPSA) is 67.2 Å². The van der Waals surface area contributed by atoms with Crippen LogP contribution in [-0.4, -0.2) is 12.6 Å². The van der Waals surface area contributed by atoms with Crippen LogP contribution >= 0.6 is 0 Å². The second-order valence-corrected chi connectivity index (χ2v) is 7.39. The first-order valence-corrected chi connectivity index (χ1v) is 6.92. The van der Waals surface area contributed by atoms with E-state index in [1.807, 2.05) is 0 Å². The molecule has 1 aliphatic carbocycles. The van der Waals surface area contributed by atoms with Gasteiger partial charge in [-0.25, -0.2) is 10.6 Å². The Morgan fingerprint density at radius 1 is 1.33 bits per heavy atom. The van der Waals surface area contributed by atoms with Crippen LogP contribution in [0.1, 0.15) is 53.9 Å². The molecule has 2 amide bonds. The third-order valence-electron chi connectivity index (χ3n) is 4.22. The number of hydrogen-bond donors (Lipinski definition) is 3. The van der Waals surface area contributed by atoms with Crippen molar-refractivity contribution in [3.05, 3.63) is 0 Å². The summed E-state index contributed by atoms with van der Waals surface area (Å²) in [6, 6.07) is -0.291. The Balaban J connectivity index is 2.70. The lowest BCUT2D eigenvalue weighted by molar-refractivity contribution is 0.0365. The van der Waals surface area contributed by atoms with E-state index in [1.165, 1.54) is 12.8 Å². The fourth-order valence-corrected chi connectivity index (χ4v) is 3.67. The van der Waals surface area contributed by atoms with Crippen molar-refractivity contribution in [3.63, 3.8) is 0 Å². The van der Waals surface area contributed by atoms with Crippen LogP contribution in [0.5, 0.6) is 0 Å². The summed E-state index contributed by atoms with van der Waals surface area (Å²) >= 11 is 0. The van der Waals surface area contributed by atoms with Crippen LogP contribution in [0.25, 0.3) is 0 Å². The lowest BCUT2D eigenvalue weighted by Crippen LogP contribution is -2.48. The molecule has 18 heavy (non-hydrogen) atoms. The lowest BCUT2D eigenvalue weighted by atomic mass is 9.58. The molecule has 4 N–H and O–H groups in total. The minimum atomic E-state index is -0.291. The van der Waals surface area contributed by atoms with E-state index in [0.29, 0.717) is 17.9 Å². The molecule has 4 nitrogen and oxygen atoms in total. The largest absolute Gasteiger partial charge is 0.337 e. The summed E-state index contributed by atoms with van der Waals surface area (Å²) in [5.41, 5.74) is 2.65. The van der Waals surface area contributed by atoms with Gasteiger partial charge in [0.15, 0.2) is 0 Å². The highest BCUT2D eigenvalue weighted by atomic mass is 16.2. The highest BCUT2D eigenvalue weighted by molar-refractivity contribution is 5.73. The highest BCUT2D eigenvalue weighted by Crippen LogP contribution is 2.50. The van der Waals surface area contributed by atoms with Gasteiger partial charge < -0.3 is 5.32 Å². The van der Waals surface area contributed by atoms with Gasteiger partial charge in [-0.05, 0) is 41.9 Å². The predicted molar refractivity (Wildman–Crippen MR) is 74.8 cm³/mol. The van der Waals surface area contributed by atoms with E-state index in [-0.39, 0.29) is 11.4 Å². The maximum absolute atomic E-state index is 11.2. The number of nitrogens with two attached hydrogens (primary N) is 1. The molecule has 2 atom stereocenters. The van der Waals surface area contributed by atoms with Crippen molar-refractivity contribution in [2.24, 2.45) is 28.5 Å². The molecule has 2 unspecified atom stereocenters. The fourth-order valence-electron chi connectivity index (χ4n) is 3.67. The van der Waals surface area contributed by atoms with Crippen LogP contribution in [0.2, 0.25) is 0 Å². The maximum atomic E-state index is 11.2. The third-order valence-corrected chi connectivity index (χ3v) is 4.22. The minimum Gasteiger partial charge on any atom is -0.337 e. The Hall–Kier alpha value is -0.770. The zero-order valence-electron chi connectivity index (χ0n) is 12.5. The lowest BCUT2D eigenvalue weighted by Gasteiger charge is -2.48. The van der Waals surface area contributed by atoms with E-state index < -0.39 is 0 Å². The molecule has 0 aromatic carbocycles. The number of carbonyl (C=O) groups is 1. The summed E-state index contributed by atoms with van der Waals surface area (Å²) < 4.78 is 0. The number of hydrogen-bond acceptors (Lipinski definition) is 2. The van der Waals surface area contributed by atoms with Crippen LogP contribution in [0, 0.1) is 22.7 Å². The normalized spacial score (nSPS) is 31.2. The summed E-state index contributed by atoms with van der Waals surface area (Å²) in [4.78, 5) is 11.2. The van der Waals surface area contributed by atoms with Crippen molar-refractivity contribution < 1.29 is 4.79 Å². The van der Waals surface area contributed by atoms with Gasteiger partial charge in [0, 0.05) is 6.54 Å². The maximum Gasteiger partial charge on any atom is 0.328 e. The molecule has 106 valence electrons. The molecule has 0 bridgehead atoms. The van der Waals surface area contributed by atoms with Crippen molar-refractivity contribution in [2.75, 3.05) is 6.54 Å². The summed E-state index contributed by atoms with van der Waals surface area (Å²) in [7, 11) is 0. The summed E-state index contributed by atoms with van der Waals surface area (Å²) in [5, 5.41) is 2.86. The van der Waals surface area contributed by atoms with Crippen molar-refractivity contribution in [2.45, 2.75) is 53.9 Å². The zero-order valence-corrected chi connectivity index (χ0v) is 12.5. The summed E-state index contributed by atoms with van der Waals surface area (Å²) in [6.45, 7) is 12.2. The van der Waals surface area contributed by atoms with Crippen molar-refractivity contribution in [3.8, 4) is 0 Å². The first-order valence-electron chi connectivity index (χ1n) is 6.92. The van der Waals surface area contributed by atoms with E-state index >= 15 is 0 Å². The number of urea groups is 1. The van der Waals surface area contributed by atoms with Gasteiger partial charge in [-0.2, -0.15) is 0 Å². The zero-order chi connectivity index (χ0) is 14.0. The van der Waals surface area contributed by atoms with Gasteiger partial charge in [-0.1, -0.05) is 34.6 Å². The number of nitrogens with one attached hydrogen (secondary N) is 2. The van der Waals surface area contributed by atoms with Crippen LogP contribution in [0.4, 0.5) is 4.79 Å². The molecule has 1 aliphatic rings. The first-order chi connectivity index (χ1) is 8.17. The molecule has 0 spiro atoms.